The molecule has 3 heteroatoms. The van der Waals surface area contributed by atoms with Crippen molar-refractivity contribution in [1.29, 1.82) is 0 Å². The maximum Gasteiger partial charge on any atom is 0.103 e. The molecule has 0 amide bonds. The van der Waals surface area contributed by atoms with Crippen LogP contribution in [0, 0.1) is 6.92 Å². The smallest absolute Gasteiger partial charge is 0.103 e. The Morgan fingerprint density at radius 2 is 2.14 bits per heavy atom. The van der Waals surface area contributed by atoms with Crippen molar-refractivity contribution < 1.29 is 0 Å². The summed E-state index contributed by atoms with van der Waals surface area (Å²) >= 11 is 4.92. The molecule has 0 radical (unpaired) electrons. The quantitative estimate of drug-likeness (QED) is 0.771. The molecule has 1 rings (SSSR count). The zero-order chi connectivity index (χ0) is 10.7. The number of hydrogen-bond donors (Lipinski definition) is 1. The third-order valence-corrected chi connectivity index (χ3v) is 2.60. The van der Waals surface area contributed by atoms with Crippen molar-refractivity contribution in [2.24, 2.45) is 5.73 Å². The van der Waals surface area contributed by atoms with Crippen molar-refractivity contribution in [3.63, 3.8) is 0 Å². The molecule has 0 heterocycles. The molecule has 2 nitrogen and oxygen atoms in total. The van der Waals surface area contributed by atoms with Crippen LogP contribution in [0.25, 0.3) is 0 Å². The summed E-state index contributed by atoms with van der Waals surface area (Å²) in [6.45, 7) is 5.19. The van der Waals surface area contributed by atoms with Gasteiger partial charge in [-0.1, -0.05) is 12.2 Å². The zero-order valence-electron chi connectivity index (χ0n) is 8.87. The van der Waals surface area contributed by atoms with Crippen LogP contribution in [-0.2, 0) is 0 Å². The van der Waals surface area contributed by atoms with Crippen molar-refractivity contribution in [2.45, 2.75) is 13.8 Å². The Morgan fingerprint density at radius 1 is 1.50 bits per heavy atom. The van der Waals surface area contributed by atoms with Crippen molar-refractivity contribution in [3.8, 4) is 0 Å². The van der Waals surface area contributed by atoms with Gasteiger partial charge in [-0.25, -0.2) is 0 Å². The average molecular weight is 208 g/mol. The topological polar surface area (TPSA) is 29.3 Å². The summed E-state index contributed by atoms with van der Waals surface area (Å²) in [5.41, 5.74) is 8.93. The minimum atomic E-state index is 0.457. The maximum atomic E-state index is 5.56. The summed E-state index contributed by atoms with van der Waals surface area (Å²) in [5, 5.41) is 0. The van der Waals surface area contributed by atoms with Crippen LogP contribution in [0.4, 0.5) is 5.69 Å². The van der Waals surface area contributed by atoms with Crippen LogP contribution in [0.1, 0.15) is 18.1 Å². The van der Waals surface area contributed by atoms with Crippen molar-refractivity contribution >= 4 is 22.9 Å². The van der Waals surface area contributed by atoms with Gasteiger partial charge in [0, 0.05) is 24.8 Å². The third-order valence-electron chi connectivity index (χ3n) is 2.37. The highest BCUT2D eigenvalue weighted by molar-refractivity contribution is 7.80. The molecule has 1 aromatic carbocycles. The van der Waals surface area contributed by atoms with Gasteiger partial charge in [0.25, 0.3) is 0 Å². The SMILES string of the molecule is CCN(C)c1ccc(C(N)=S)cc1C. The lowest BCUT2D eigenvalue weighted by Gasteiger charge is -2.19. The number of rotatable bonds is 3. The summed E-state index contributed by atoms with van der Waals surface area (Å²) in [6.07, 6.45) is 0. The first-order chi connectivity index (χ1) is 6.56. The van der Waals surface area contributed by atoms with Gasteiger partial charge >= 0.3 is 0 Å². The molecule has 14 heavy (non-hydrogen) atoms. The molecule has 0 saturated heterocycles. The van der Waals surface area contributed by atoms with E-state index in [4.69, 9.17) is 18.0 Å². The molecule has 0 aliphatic carbocycles. The standard InChI is InChI=1S/C11H16N2S/c1-4-13(3)10-6-5-9(11(12)14)7-8(10)2/h5-7H,4H2,1-3H3,(H2,12,14). The first kappa shape index (κ1) is 11.0. The molecule has 0 aliphatic heterocycles. The first-order valence-electron chi connectivity index (χ1n) is 4.67. The van der Waals surface area contributed by atoms with E-state index in [1.54, 1.807) is 0 Å². The van der Waals surface area contributed by atoms with Gasteiger partial charge in [0.1, 0.15) is 4.99 Å². The van der Waals surface area contributed by atoms with E-state index in [9.17, 15) is 0 Å². The number of benzene rings is 1. The number of thiocarbonyl (C=S) groups is 1. The minimum Gasteiger partial charge on any atom is -0.389 e. The molecule has 0 bridgehead atoms. The summed E-state index contributed by atoms with van der Waals surface area (Å²) in [7, 11) is 2.07. The summed E-state index contributed by atoms with van der Waals surface area (Å²) in [6, 6.07) is 6.06. The molecule has 0 aromatic heterocycles. The Morgan fingerprint density at radius 3 is 2.57 bits per heavy atom. The Labute approximate surface area is 90.7 Å². The van der Waals surface area contributed by atoms with E-state index in [-0.39, 0.29) is 0 Å². The third kappa shape index (κ3) is 2.23. The van der Waals surface area contributed by atoms with Crippen LogP contribution in [0.2, 0.25) is 0 Å². The van der Waals surface area contributed by atoms with Crippen LogP contribution in [0.15, 0.2) is 18.2 Å². The van der Waals surface area contributed by atoms with Gasteiger partial charge < -0.3 is 10.6 Å². The number of nitrogens with two attached hydrogens (primary N) is 1. The molecular formula is C11H16N2S. The predicted molar refractivity (Wildman–Crippen MR) is 66.0 cm³/mol. The van der Waals surface area contributed by atoms with Gasteiger partial charge in [0.05, 0.1) is 0 Å². The molecule has 0 aliphatic rings. The number of hydrogen-bond acceptors (Lipinski definition) is 2. The lowest BCUT2D eigenvalue weighted by atomic mass is 10.1. The van der Waals surface area contributed by atoms with E-state index in [2.05, 4.69) is 31.9 Å². The fourth-order valence-corrected chi connectivity index (χ4v) is 1.53. The molecular weight excluding hydrogens is 192 g/mol. The Kier molecular flexibility index (Phi) is 3.47. The monoisotopic (exact) mass is 208 g/mol. The summed E-state index contributed by atoms with van der Waals surface area (Å²) in [5.74, 6) is 0. The van der Waals surface area contributed by atoms with Crippen LogP contribution in [0.5, 0.6) is 0 Å². The van der Waals surface area contributed by atoms with E-state index in [1.165, 1.54) is 11.3 Å². The van der Waals surface area contributed by atoms with E-state index in [0.717, 1.165) is 12.1 Å². The van der Waals surface area contributed by atoms with E-state index < -0.39 is 0 Å². The fourth-order valence-electron chi connectivity index (χ4n) is 1.41. The highest BCUT2D eigenvalue weighted by Gasteiger charge is 2.04. The van der Waals surface area contributed by atoms with Gasteiger partial charge in [-0.15, -0.1) is 0 Å². The molecule has 0 atom stereocenters. The first-order valence-corrected chi connectivity index (χ1v) is 5.08. The van der Waals surface area contributed by atoms with Crippen LogP contribution in [-0.4, -0.2) is 18.6 Å². The second-order valence-electron chi connectivity index (χ2n) is 3.38. The second-order valence-corrected chi connectivity index (χ2v) is 3.82. The Balaban J connectivity index is 3.07. The molecule has 0 spiro atoms. The molecule has 0 saturated carbocycles. The largest absolute Gasteiger partial charge is 0.389 e. The number of nitrogens with zero attached hydrogens (tertiary/aromatic N) is 1. The van der Waals surface area contributed by atoms with Gasteiger partial charge in [-0.3, -0.25) is 0 Å². The molecule has 0 unspecified atom stereocenters. The zero-order valence-corrected chi connectivity index (χ0v) is 9.69. The van der Waals surface area contributed by atoms with Gasteiger partial charge in [0.15, 0.2) is 0 Å². The van der Waals surface area contributed by atoms with Crippen molar-refractivity contribution in [3.05, 3.63) is 29.3 Å². The maximum absolute atomic E-state index is 5.56. The number of anilines is 1. The van der Waals surface area contributed by atoms with Gasteiger partial charge in [-0.05, 0) is 37.6 Å². The Bertz CT molecular complexity index is 347. The van der Waals surface area contributed by atoms with Crippen molar-refractivity contribution in [2.75, 3.05) is 18.5 Å². The summed E-state index contributed by atoms with van der Waals surface area (Å²) in [4.78, 5) is 2.65. The lowest BCUT2D eigenvalue weighted by molar-refractivity contribution is 0.961. The van der Waals surface area contributed by atoms with Crippen LogP contribution in [0.3, 0.4) is 0 Å². The number of aryl methyl sites for hydroxylation is 1. The highest BCUT2D eigenvalue weighted by atomic mass is 32.1. The summed E-state index contributed by atoms with van der Waals surface area (Å²) < 4.78 is 0. The highest BCUT2D eigenvalue weighted by Crippen LogP contribution is 2.19. The second kappa shape index (κ2) is 4.42. The van der Waals surface area contributed by atoms with Crippen LogP contribution >= 0.6 is 12.2 Å². The minimum absolute atomic E-state index is 0.457. The lowest BCUT2D eigenvalue weighted by Crippen LogP contribution is -2.17. The molecule has 0 fully saturated rings. The predicted octanol–water partition coefficient (Wildman–Crippen LogP) is 2.09. The van der Waals surface area contributed by atoms with Crippen molar-refractivity contribution in [1.82, 2.24) is 0 Å². The van der Waals surface area contributed by atoms with Gasteiger partial charge in [0.2, 0.25) is 0 Å². The average Bonchev–Trinajstić information content (AvgIpc) is 2.16. The molecule has 76 valence electrons. The Hall–Kier alpha value is -1.09. The van der Waals surface area contributed by atoms with E-state index >= 15 is 0 Å². The van der Waals surface area contributed by atoms with E-state index in [0.29, 0.717) is 4.99 Å². The molecule has 2 N–H and O–H groups in total. The van der Waals surface area contributed by atoms with Gasteiger partial charge in [-0.2, -0.15) is 0 Å². The normalized spacial score (nSPS) is 9.93. The van der Waals surface area contributed by atoms with E-state index in [1.807, 2.05) is 12.1 Å². The molecule has 1 aromatic rings. The fraction of sp³-hybridized carbons (Fsp3) is 0.364. The van der Waals surface area contributed by atoms with Crippen LogP contribution < -0.4 is 10.6 Å².